The van der Waals surface area contributed by atoms with E-state index in [1.807, 2.05) is 54.6 Å². The number of amides is 2. The van der Waals surface area contributed by atoms with Crippen molar-refractivity contribution in [3.8, 4) is 5.75 Å². The van der Waals surface area contributed by atoms with Crippen molar-refractivity contribution in [2.75, 3.05) is 11.5 Å². The number of esters is 1. The van der Waals surface area contributed by atoms with Crippen LogP contribution in [0.2, 0.25) is 0 Å². The third-order valence-corrected chi connectivity index (χ3v) is 4.51. The maximum atomic E-state index is 12.7. The first-order valence-electron chi connectivity index (χ1n) is 8.27. The number of hydrogen-bond donors (Lipinski definition) is 1. The first kappa shape index (κ1) is 15.5. The number of nitrogens with one attached hydrogen (secondary N) is 1. The molecule has 128 valence electrons. The van der Waals surface area contributed by atoms with Crippen molar-refractivity contribution in [3.05, 3.63) is 60.2 Å². The Labute approximate surface area is 145 Å². The molecule has 2 aliphatic heterocycles. The average molecular weight is 338 g/mol. The maximum absolute atomic E-state index is 12.7. The first-order valence-corrected chi connectivity index (χ1v) is 8.27. The maximum Gasteiger partial charge on any atom is 0.325 e. The third-order valence-electron chi connectivity index (χ3n) is 4.51. The molecule has 1 saturated heterocycles. The van der Waals surface area contributed by atoms with Crippen LogP contribution >= 0.6 is 0 Å². The Morgan fingerprint density at radius 2 is 1.88 bits per heavy atom. The van der Waals surface area contributed by atoms with Gasteiger partial charge in [-0.2, -0.15) is 0 Å². The minimum atomic E-state index is -0.755. The Morgan fingerprint density at radius 1 is 1.16 bits per heavy atom. The van der Waals surface area contributed by atoms with E-state index in [1.165, 1.54) is 4.90 Å². The Morgan fingerprint density at radius 3 is 2.64 bits per heavy atom. The molecule has 6 heteroatoms. The summed E-state index contributed by atoms with van der Waals surface area (Å²) in [6, 6.07) is 15.8. The molecule has 4 rings (SSSR count). The molecule has 0 saturated carbocycles. The van der Waals surface area contributed by atoms with E-state index in [0.717, 1.165) is 5.56 Å². The highest BCUT2D eigenvalue weighted by Crippen LogP contribution is 2.43. The van der Waals surface area contributed by atoms with Gasteiger partial charge in [0.1, 0.15) is 11.7 Å². The van der Waals surface area contributed by atoms with Gasteiger partial charge in [0.05, 0.1) is 12.6 Å². The summed E-state index contributed by atoms with van der Waals surface area (Å²) in [7, 11) is 0. The van der Waals surface area contributed by atoms with Crippen LogP contribution in [0.3, 0.4) is 0 Å². The lowest BCUT2D eigenvalue weighted by Gasteiger charge is -2.47. The Balaban J connectivity index is 1.81. The van der Waals surface area contributed by atoms with Crippen LogP contribution in [0.1, 0.15) is 18.5 Å². The van der Waals surface area contributed by atoms with Gasteiger partial charge in [-0.25, -0.2) is 4.79 Å². The zero-order chi connectivity index (χ0) is 17.4. The molecule has 2 amide bonds. The molecule has 1 N–H and O–H groups in total. The monoisotopic (exact) mass is 338 g/mol. The third kappa shape index (κ3) is 2.50. The summed E-state index contributed by atoms with van der Waals surface area (Å²) in [6.07, 6.45) is -0.755. The smallest absolute Gasteiger partial charge is 0.325 e. The molecule has 1 fully saturated rings. The van der Waals surface area contributed by atoms with E-state index in [-0.39, 0.29) is 18.6 Å². The van der Waals surface area contributed by atoms with Crippen molar-refractivity contribution in [2.45, 2.75) is 19.2 Å². The second-order valence-corrected chi connectivity index (χ2v) is 5.96. The van der Waals surface area contributed by atoms with Crippen molar-refractivity contribution in [1.82, 2.24) is 5.32 Å². The molecule has 2 aliphatic rings. The molecule has 2 bridgehead atoms. The van der Waals surface area contributed by atoms with Gasteiger partial charge >= 0.3 is 12.0 Å². The highest BCUT2D eigenvalue weighted by molar-refractivity contribution is 5.96. The van der Waals surface area contributed by atoms with E-state index < -0.39 is 18.2 Å². The van der Waals surface area contributed by atoms with Gasteiger partial charge in [0.15, 0.2) is 6.23 Å². The molecule has 3 atom stereocenters. The molecule has 0 radical (unpaired) electrons. The number of urea groups is 1. The number of rotatable bonds is 3. The molecule has 0 unspecified atom stereocenters. The van der Waals surface area contributed by atoms with E-state index >= 15 is 0 Å². The predicted octanol–water partition coefficient (Wildman–Crippen LogP) is 2.86. The molecule has 25 heavy (non-hydrogen) atoms. The second kappa shape index (κ2) is 6.12. The van der Waals surface area contributed by atoms with E-state index in [9.17, 15) is 9.59 Å². The van der Waals surface area contributed by atoms with Gasteiger partial charge in [-0.15, -0.1) is 0 Å². The zero-order valence-corrected chi connectivity index (χ0v) is 13.7. The fraction of sp³-hybridized carbons (Fsp3) is 0.263. The van der Waals surface area contributed by atoms with E-state index in [0.29, 0.717) is 11.4 Å². The molecule has 2 heterocycles. The first-order chi connectivity index (χ1) is 12.2. The molecular weight excluding hydrogens is 320 g/mol. The zero-order valence-electron chi connectivity index (χ0n) is 13.7. The van der Waals surface area contributed by atoms with Crippen molar-refractivity contribution < 1.29 is 19.1 Å². The summed E-state index contributed by atoms with van der Waals surface area (Å²) in [4.78, 5) is 26.8. The molecule has 0 aliphatic carbocycles. The topological polar surface area (TPSA) is 67.9 Å². The summed E-state index contributed by atoms with van der Waals surface area (Å²) in [5.41, 5.74) is 1.45. The number of para-hydroxylation sites is 2. The number of nitrogens with zero attached hydrogens (tertiary/aromatic N) is 1. The predicted molar refractivity (Wildman–Crippen MR) is 91.2 cm³/mol. The number of fused-ring (bicyclic) bond motifs is 4. The summed E-state index contributed by atoms with van der Waals surface area (Å²) in [5.74, 6) is -0.361. The van der Waals surface area contributed by atoms with Crippen LogP contribution < -0.4 is 15.0 Å². The van der Waals surface area contributed by atoms with Crippen LogP contribution in [0.25, 0.3) is 0 Å². The molecule has 0 spiro atoms. The highest BCUT2D eigenvalue weighted by Gasteiger charge is 2.52. The minimum Gasteiger partial charge on any atom is -0.469 e. The lowest BCUT2D eigenvalue weighted by molar-refractivity contribution is -0.154. The number of benzene rings is 2. The number of carbonyl (C=O) groups is 2. The average Bonchev–Trinajstić information content (AvgIpc) is 2.62. The van der Waals surface area contributed by atoms with Crippen LogP contribution in [0.15, 0.2) is 54.6 Å². The van der Waals surface area contributed by atoms with E-state index in [4.69, 9.17) is 9.47 Å². The van der Waals surface area contributed by atoms with Gasteiger partial charge in [-0.1, -0.05) is 36.4 Å². The SMILES string of the molecule is CCOC(=O)[C@H]1[C@H]2NC(=O)N(c3ccccc3)[C@H]1Oc1ccccc12. The number of carbonyl (C=O) groups excluding carboxylic acids is 2. The summed E-state index contributed by atoms with van der Waals surface area (Å²) in [6.45, 7) is 2.04. The van der Waals surface area contributed by atoms with Crippen LogP contribution in [0.5, 0.6) is 5.75 Å². The Kier molecular flexibility index (Phi) is 3.80. The number of anilines is 1. The van der Waals surface area contributed by atoms with Gasteiger partial charge in [-0.3, -0.25) is 9.69 Å². The fourth-order valence-electron chi connectivity index (χ4n) is 3.45. The lowest BCUT2D eigenvalue weighted by Crippen LogP contribution is -2.64. The van der Waals surface area contributed by atoms with E-state index in [1.54, 1.807) is 6.92 Å². The summed E-state index contributed by atoms with van der Waals surface area (Å²) >= 11 is 0. The van der Waals surface area contributed by atoms with E-state index in [2.05, 4.69) is 5.32 Å². The van der Waals surface area contributed by atoms with Gasteiger partial charge in [-0.05, 0) is 25.1 Å². The van der Waals surface area contributed by atoms with Crippen LogP contribution in [-0.2, 0) is 9.53 Å². The quantitative estimate of drug-likeness (QED) is 0.874. The molecule has 2 aromatic carbocycles. The number of hydrogen-bond acceptors (Lipinski definition) is 4. The summed E-state index contributed by atoms with van der Waals surface area (Å²) in [5, 5.41) is 2.95. The van der Waals surface area contributed by atoms with Crippen LogP contribution in [0.4, 0.5) is 10.5 Å². The standard InChI is InChI=1S/C19H18N2O4/c1-2-24-18(22)15-16-13-10-6-7-11-14(13)25-17(15)21(19(23)20-16)12-8-4-3-5-9-12/h3-11,15-17H,2H2,1H3,(H,20,23)/t15-,16-,17-/m0/s1. The van der Waals surface area contributed by atoms with Crippen molar-refractivity contribution in [3.63, 3.8) is 0 Å². The minimum absolute atomic E-state index is 0.274. The lowest BCUT2D eigenvalue weighted by atomic mass is 9.86. The normalized spacial score (nSPS) is 24.0. The fourth-order valence-corrected chi connectivity index (χ4v) is 3.45. The highest BCUT2D eigenvalue weighted by atomic mass is 16.5. The van der Waals surface area contributed by atoms with Crippen molar-refractivity contribution >= 4 is 17.7 Å². The molecule has 2 aromatic rings. The largest absolute Gasteiger partial charge is 0.469 e. The Hall–Kier alpha value is -3.02. The summed E-state index contributed by atoms with van der Waals surface area (Å²) < 4.78 is 11.3. The van der Waals surface area contributed by atoms with Gasteiger partial charge in [0.25, 0.3) is 0 Å². The number of ether oxygens (including phenoxy) is 2. The molecule has 0 aromatic heterocycles. The van der Waals surface area contributed by atoms with Crippen molar-refractivity contribution in [1.29, 1.82) is 0 Å². The van der Waals surface area contributed by atoms with Gasteiger partial charge < -0.3 is 14.8 Å². The van der Waals surface area contributed by atoms with Gasteiger partial charge in [0.2, 0.25) is 0 Å². The second-order valence-electron chi connectivity index (χ2n) is 5.96. The molecule has 6 nitrogen and oxygen atoms in total. The van der Waals surface area contributed by atoms with Crippen molar-refractivity contribution in [2.24, 2.45) is 5.92 Å². The Bertz CT molecular complexity index is 808. The molecular formula is C19H18N2O4. The van der Waals surface area contributed by atoms with Crippen LogP contribution in [0, 0.1) is 5.92 Å². The van der Waals surface area contributed by atoms with Crippen LogP contribution in [-0.4, -0.2) is 24.8 Å². The van der Waals surface area contributed by atoms with Gasteiger partial charge in [0, 0.05) is 11.3 Å².